The monoisotopic (exact) mass is 222 g/mol. The summed E-state index contributed by atoms with van der Waals surface area (Å²) < 4.78 is 5.03. The first-order valence-electron chi connectivity index (χ1n) is 5.68. The summed E-state index contributed by atoms with van der Waals surface area (Å²) in [6.07, 6.45) is 2.87. The Morgan fingerprint density at radius 3 is 2.81 bits per heavy atom. The quantitative estimate of drug-likeness (QED) is 0.593. The van der Waals surface area contributed by atoms with Gasteiger partial charge in [0.25, 0.3) is 0 Å². The first kappa shape index (κ1) is 14.6. The van der Waals surface area contributed by atoms with Crippen molar-refractivity contribution in [2.75, 3.05) is 13.7 Å². The summed E-state index contributed by atoms with van der Waals surface area (Å²) in [4.78, 5) is 4.28. The number of ether oxygens (including phenoxy) is 1. The van der Waals surface area contributed by atoms with E-state index in [1.54, 1.807) is 7.11 Å². The van der Waals surface area contributed by atoms with Crippen LogP contribution < -0.4 is 10.1 Å². The molecule has 0 saturated carbocycles. The number of methoxy groups -OCH3 is 1. The van der Waals surface area contributed by atoms with E-state index in [9.17, 15) is 0 Å². The van der Waals surface area contributed by atoms with Crippen molar-refractivity contribution in [3.63, 3.8) is 0 Å². The molecule has 0 aliphatic carbocycles. The Morgan fingerprint density at radius 1 is 1.44 bits per heavy atom. The van der Waals surface area contributed by atoms with Crippen LogP contribution in [0.3, 0.4) is 0 Å². The molecule has 3 nitrogen and oxygen atoms in total. The Kier molecular flexibility index (Phi) is 9.32. The molecule has 0 fully saturated rings. The summed E-state index contributed by atoms with van der Waals surface area (Å²) in [6, 6.07) is 5.76. The van der Waals surface area contributed by atoms with Crippen molar-refractivity contribution >= 4 is 0 Å². The molecule has 0 spiro atoms. The summed E-state index contributed by atoms with van der Waals surface area (Å²) >= 11 is 0. The number of nitrogens with one attached hydrogen (secondary N) is 1. The van der Waals surface area contributed by atoms with Gasteiger partial charge in [0.15, 0.2) is 0 Å². The van der Waals surface area contributed by atoms with Crippen molar-refractivity contribution < 1.29 is 4.74 Å². The number of rotatable bonds is 6. The van der Waals surface area contributed by atoms with Gasteiger partial charge in [-0.2, -0.15) is 0 Å². The van der Waals surface area contributed by atoms with Crippen LogP contribution in [0.5, 0.6) is 5.88 Å². The molecule has 90 valence electrons. The van der Waals surface area contributed by atoms with Gasteiger partial charge in [0, 0.05) is 12.6 Å². The molecule has 0 aliphatic heterocycles. The second kappa shape index (κ2) is 10.2. The molecule has 3 heteroatoms. The predicted molar refractivity (Wildman–Crippen MR) is 68.7 cm³/mol. The molecule has 0 aromatic carbocycles. The molecule has 1 heterocycles. The SMILES string of the molecule is C=CCCNCc1cccc(OC)n1.CC. The summed E-state index contributed by atoms with van der Waals surface area (Å²) in [7, 11) is 1.62. The van der Waals surface area contributed by atoms with Gasteiger partial charge in [-0.3, -0.25) is 0 Å². The summed E-state index contributed by atoms with van der Waals surface area (Å²) in [5.74, 6) is 0.660. The van der Waals surface area contributed by atoms with E-state index in [2.05, 4.69) is 16.9 Å². The minimum Gasteiger partial charge on any atom is -0.481 e. The van der Waals surface area contributed by atoms with Crippen LogP contribution in [0.25, 0.3) is 0 Å². The Bertz CT molecular complexity index is 287. The average Bonchev–Trinajstić information content (AvgIpc) is 2.37. The van der Waals surface area contributed by atoms with Gasteiger partial charge < -0.3 is 10.1 Å². The highest BCUT2D eigenvalue weighted by molar-refractivity contribution is 5.15. The lowest BCUT2D eigenvalue weighted by molar-refractivity contribution is 0.395. The smallest absolute Gasteiger partial charge is 0.213 e. The predicted octanol–water partition coefficient (Wildman–Crippen LogP) is 2.78. The molecule has 0 radical (unpaired) electrons. The van der Waals surface area contributed by atoms with Gasteiger partial charge in [-0.25, -0.2) is 4.98 Å². The van der Waals surface area contributed by atoms with Gasteiger partial charge in [-0.1, -0.05) is 26.0 Å². The van der Waals surface area contributed by atoms with Crippen molar-refractivity contribution in [3.05, 3.63) is 36.5 Å². The number of pyridine rings is 1. The van der Waals surface area contributed by atoms with E-state index in [1.807, 2.05) is 38.1 Å². The van der Waals surface area contributed by atoms with Crippen LogP contribution in [-0.2, 0) is 6.54 Å². The molecule has 0 bridgehead atoms. The van der Waals surface area contributed by atoms with Crippen molar-refractivity contribution in [1.29, 1.82) is 0 Å². The fraction of sp³-hybridized carbons (Fsp3) is 0.462. The van der Waals surface area contributed by atoms with Crippen molar-refractivity contribution in [3.8, 4) is 5.88 Å². The van der Waals surface area contributed by atoms with Gasteiger partial charge in [-0.05, 0) is 19.0 Å². The fourth-order valence-corrected chi connectivity index (χ4v) is 1.09. The third-order valence-electron chi connectivity index (χ3n) is 1.82. The maximum Gasteiger partial charge on any atom is 0.213 e. The lowest BCUT2D eigenvalue weighted by Gasteiger charge is -2.04. The number of nitrogens with zero attached hydrogens (tertiary/aromatic N) is 1. The van der Waals surface area contributed by atoms with Gasteiger partial charge in [0.05, 0.1) is 12.8 Å². The molecule has 1 aromatic heterocycles. The summed E-state index contributed by atoms with van der Waals surface area (Å²) in [6.45, 7) is 9.36. The Labute approximate surface area is 98.6 Å². The first-order valence-corrected chi connectivity index (χ1v) is 5.68. The lowest BCUT2D eigenvalue weighted by Crippen LogP contribution is -2.14. The molecular formula is C13H22N2O. The molecule has 0 atom stereocenters. The second-order valence-corrected chi connectivity index (χ2v) is 2.93. The van der Waals surface area contributed by atoms with E-state index in [1.165, 1.54) is 0 Å². The van der Waals surface area contributed by atoms with Crippen LogP contribution in [0.2, 0.25) is 0 Å². The normalized spacial score (nSPS) is 8.94. The van der Waals surface area contributed by atoms with E-state index >= 15 is 0 Å². The highest BCUT2D eigenvalue weighted by Crippen LogP contribution is 2.05. The fourth-order valence-electron chi connectivity index (χ4n) is 1.09. The minimum atomic E-state index is 0.660. The number of hydrogen-bond donors (Lipinski definition) is 1. The van der Waals surface area contributed by atoms with Crippen LogP contribution in [0.4, 0.5) is 0 Å². The van der Waals surface area contributed by atoms with E-state index < -0.39 is 0 Å². The van der Waals surface area contributed by atoms with E-state index in [0.717, 1.165) is 25.2 Å². The molecule has 0 amide bonds. The average molecular weight is 222 g/mol. The van der Waals surface area contributed by atoms with Crippen molar-refractivity contribution in [1.82, 2.24) is 10.3 Å². The molecule has 0 aliphatic rings. The van der Waals surface area contributed by atoms with Crippen LogP contribution >= 0.6 is 0 Å². The topological polar surface area (TPSA) is 34.1 Å². The molecule has 16 heavy (non-hydrogen) atoms. The Balaban J connectivity index is 0.00000106. The zero-order valence-electron chi connectivity index (χ0n) is 10.5. The number of aromatic nitrogens is 1. The zero-order chi connectivity index (χ0) is 12.2. The van der Waals surface area contributed by atoms with Gasteiger partial charge in [0.2, 0.25) is 5.88 Å². The second-order valence-electron chi connectivity index (χ2n) is 2.93. The molecule has 0 saturated heterocycles. The lowest BCUT2D eigenvalue weighted by atomic mass is 10.3. The van der Waals surface area contributed by atoms with Crippen LogP contribution in [-0.4, -0.2) is 18.6 Å². The maximum atomic E-state index is 5.03. The first-order chi connectivity index (χ1) is 7.86. The Hall–Kier alpha value is -1.35. The maximum absolute atomic E-state index is 5.03. The van der Waals surface area contributed by atoms with Crippen molar-refractivity contribution in [2.24, 2.45) is 0 Å². The molecule has 0 unspecified atom stereocenters. The molecule has 1 N–H and O–H groups in total. The third-order valence-corrected chi connectivity index (χ3v) is 1.82. The molecule has 1 aromatic rings. The highest BCUT2D eigenvalue weighted by Gasteiger charge is 1.95. The minimum absolute atomic E-state index is 0.660. The summed E-state index contributed by atoms with van der Waals surface area (Å²) in [5, 5.41) is 3.26. The van der Waals surface area contributed by atoms with E-state index in [-0.39, 0.29) is 0 Å². The standard InChI is InChI=1S/C11H16N2O.C2H6/c1-3-4-8-12-9-10-6-5-7-11(13-10)14-2;1-2/h3,5-7,12H,1,4,8-9H2,2H3;1-2H3. The largest absolute Gasteiger partial charge is 0.481 e. The van der Waals surface area contributed by atoms with Crippen LogP contribution in [0, 0.1) is 0 Å². The van der Waals surface area contributed by atoms with E-state index in [4.69, 9.17) is 4.74 Å². The van der Waals surface area contributed by atoms with Crippen molar-refractivity contribution in [2.45, 2.75) is 26.8 Å². The van der Waals surface area contributed by atoms with E-state index in [0.29, 0.717) is 5.88 Å². The van der Waals surface area contributed by atoms with Gasteiger partial charge in [-0.15, -0.1) is 6.58 Å². The van der Waals surface area contributed by atoms with Crippen LogP contribution in [0.15, 0.2) is 30.9 Å². The Morgan fingerprint density at radius 2 is 2.19 bits per heavy atom. The van der Waals surface area contributed by atoms with Gasteiger partial charge >= 0.3 is 0 Å². The van der Waals surface area contributed by atoms with Crippen LogP contribution in [0.1, 0.15) is 26.0 Å². The summed E-state index contributed by atoms with van der Waals surface area (Å²) in [5.41, 5.74) is 0.994. The molecular weight excluding hydrogens is 200 g/mol. The van der Waals surface area contributed by atoms with Gasteiger partial charge in [0.1, 0.15) is 0 Å². The molecule has 1 rings (SSSR count). The third kappa shape index (κ3) is 6.19. The highest BCUT2D eigenvalue weighted by atomic mass is 16.5. The zero-order valence-corrected chi connectivity index (χ0v) is 10.5. The number of hydrogen-bond acceptors (Lipinski definition) is 3.